The molecule has 1 atom stereocenters. The second kappa shape index (κ2) is 12.3. The van der Waals surface area contributed by atoms with E-state index in [1.165, 1.54) is 0 Å². The lowest BCUT2D eigenvalue weighted by atomic mass is 10.1. The quantitative estimate of drug-likeness (QED) is 0.297. The lowest BCUT2D eigenvalue weighted by Crippen LogP contribution is -2.46. The smallest absolute Gasteiger partial charge is 0.216 e. The Morgan fingerprint density at radius 2 is 1.87 bits per heavy atom. The van der Waals surface area contributed by atoms with Gasteiger partial charge in [-0.25, -0.2) is 13.1 Å². The first kappa shape index (κ1) is 26.3. The number of sulfonamides is 1. The van der Waals surface area contributed by atoms with Crippen molar-refractivity contribution >= 4 is 40.0 Å². The molecule has 2 saturated heterocycles. The molecule has 1 aromatic carbocycles. The molecule has 0 saturated carbocycles. The zero-order chi connectivity index (χ0) is 21.6. The van der Waals surface area contributed by atoms with Crippen LogP contribution in [0.5, 0.6) is 0 Å². The molecule has 31 heavy (non-hydrogen) atoms. The van der Waals surface area contributed by atoms with E-state index in [4.69, 9.17) is 4.74 Å². The Labute approximate surface area is 203 Å². The molecule has 0 radical (unpaired) electrons. The number of guanidine groups is 1. The number of nitrogens with zero attached hydrogens (tertiary/aromatic N) is 3. The van der Waals surface area contributed by atoms with Gasteiger partial charge >= 0.3 is 0 Å². The summed E-state index contributed by atoms with van der Waals surface area (Å²) in [6.07, 6.45) is 1.12. The Kier molecular flexibility index (Phi) is 10.5. The molecule has 2 N–H and O–H groups in total. The second-order valence-electron chi connectivity index (χ2n) is 8.24. The van der Waals surface area contributed by atoms with E-state index in [1.54, 1.807) is 7.05 Å². The lowest BCUT2D eigenvalue weighted by Gasteiger charge is -2.32. The predicted molar refractivity (Wildman–Crippen MR) is 135 cm³/mol. The van der Waals surface area contributed by atoms with Gasteiger partial charge in [-0.2, -0.15) is 0 Å². The van der Waals surface area contributed by atoms with E-state index in [-0.39, 0.29) is 35.8 Å². The van der Waals surface area contributed by atoms with Crippen molar-refractivity contribution in [2.45, 2.75) is 44.6 Å². The van der Waals surface area contributed by atoms with Crippen molar-refractivity contribution in [3.8, 4) is 0 Å². The molecule has 3 rings (SSSR count). The van der Waals surface area contributed by atoms with Gasteiger partial charge < -0.3 is 15.0 Å². The zero-order valence-electron chi connectivity index (χ0n) is 18.7. The van der Waals surface area contributed by atoms with Gasteiger partial charge in [-0.15, -0.1) is 24.0 Å². The maximum absolute atomic E-state index is 12.4. The van der Waals surface area contributed by atoms with Crippen molar-refractivity contribution < 1.29 is 13.2 Å². The fourth-order valence-electron chi connectivity index (χ4n) is 4.16. The van der Waals surface area contributed by atoms with E-state index in [2.05, 4.69) is 24.8 Å². The molecule has 2 aliphatic rings. The van der Waals surface area contributed by atoms with Gasteiger partial charge in [0.1, 0.15) is 0 Å². The Morgan fingerprint density at radius 3 is 2.52 bits per heavy atom. The van der Waals surface area contributed by atoms with Gasteiger partial charge in [-0.1, -0.05) is 24.3 Å². The van der Waals surface area contributed by atoms with Gasteiger partial charge in [0.05, 0.1) is 19.0 Å². The van der Waals surface area contributed by atoms with E-state index in [0.29, 0.717) is 12.6 Å². The first-order valence-corrected chi connectivity index (χ1v) is 12.4. The molecule has 2 heterocycles. The largest absolute Gasteiger partial charge is 0.379 e. The molecule has 0 aliphatic carbocycles. The van der Waals surface area contributed by atoms with E-state index in [9.17, 15) is 8.42 Å². The van der Waals surface area contributed by atoms with Crippen LogP contribution in [0.2, 0.25) is 0 Å². The molecule has 0 bridgehead atoms. The fraction of sp³-hybridized carbons (Fsp3) is 0.667. The standard InChI is InChI=1S/C21H35N5O3S.HI/c1-17(2)24-30(27,28)16-19-7-5-4-6-18(19)14-23-21(22-3)26-9-8-20(15-26)25-10-12-29-13-11-25;/h4-7,17,20,24H,8-16H2,1-3H3,(H,22,23);1H. The van der Waals surface area contributed by atoms with E-state index in [0.717, 1.165) is 62.9 Å². The minimum atomic E-state index is -3.37. The Morgan fingerprint density at radius 1 is 1.19 bits per heavy atom. The van der Waals surface area contributed by atoms with Crippen LogP contribution in [0.4, 0.5) is 0 Å². The molecule has 8 nitrogen and oxygen atoms in total. The molecular weight excluding hydrogens is 529 g/mol. The summed E-state index contributed by atoms with van der Waals surface area (Å²) in [4.78, 5) is 9.27. The lowest BCUT2D eigenvalue weighted by molar-refractivity contribution is 0.0195. The average Bonchev–Trinajstić information content (AvgIpc) is 3.19. The molecule has 1 unspecified atom stereocenters. The number of likely N-dealkylation sites (tertiary alicyclic amines) is 1. The number of rotatable bonds is 7. The topological polar surface area (TPSA) is 86.3 Å². The average molecular weight is 566 g/mol. The first-order chi connectivity index (χ1) is 14.4. The number of hydrogen-bond acceptors (Lipinski definition) is 5. The summed E-state index contributed by atoms with van der Waals surface area (Å²) >= 11 is 0. The van der Waals surface area contributed by atoms with E-state index in [1.807, 2.05) is 38.1 Å². The van der Waals surface area contributed by atoms with E-state index >= 15 is 0 Å². The summed E-state index contributed by atoms with van der Waals surface area (Å²) in [6, 6.07) is 8.09. The summed E-state index contributed by atoms with van der Waals surface area (Å²) in [5.41, 5.74) is 1.78. The van der Waals surface area contributed by atoms with Crippen LogP contribution in [0.1, 0.15) is 31.4 Å². The van der Waals surface area contributed by atoms with Crippen LogP contribution in [-0.4, -0.2) is 82.7 Å². The molecule has 1 aromatic rings. The second-order valence-corrected chi connectivity index (χ2v) is 9.99. The van der Waals surface area contributed by atoms with Crippen LogP contribution in [-0.2, 0) is 27.1 Å². The maximum Gasteiger partial charge on any atom is 0.216 e. The third-order valence-corrected chi connectivity index (χ3v) is 7.07. The van der Waals surface area contributed by atoms with Gasteiger partial charge in [0.2, 0.25) is 10.0 Å². The van der Waals surface area contributed by atoms with Crippen molar-refractivity contribution in [3.63, 3.8) is 0 Å². The van der Waals surface area contributed by atoms with Crippen molar-refractivity contribution in [3.05, 3.63) is 35.4 Å². The third-order valence-electron chi connectivity index (χ3n) is 5.55. The van der Waals surface area contributed by atoms with Crippen LogP contribution in [0.15, 0.2) is 29.3 Å². The van der Waals surface area contributed by atoms with Gasteiger partial charge in [0.25, 0.3) is 0 Å². The zero-order valence-corrected chi connectivity index (χ0v) is 21.9. The number of hydrogen-bond donors (Lipinski definition) is 2. The number of aliphatic imine (C=N–C) groups is 1. The highest BCUT2D eigenvalue weighted by molar-refractivity contribution is 14.0. The minimum absolute atomic E-state index is 0. The summed E-state index contributed by atoms with van der Waals surface area (Å²) in [7, 11) is -1.57. The maximum atomic E-state index is 12.4. The Hall–Kier alpha value is -0.950. The van der Waals surface area contributed by atoms with Gasteiger partial charge in [-0.3, -0.25) is 9.89 Å². The number of benzene rings is 1. The van der Waals surface area contributed by atoms with Crippen LogP contribution in [0.3, 0.4) is 0 Å². The fourth-order valence-corrected chi connectivity index (χ4v) is 5.65. The molecule has 176 valence electrons. The molecular formula is C21H36IN5O3S. The molecule has 2 fully saturated rings. The van der Waals surface area contributed by atoms with Crippen molar-refractivity contribution in [1.82, 2.24) is 19.8 Å². The summed E-state index contributed by atoms with van der Waals surface area (Å²) in [5, 5.41) is 3.44. The van der Waals surface area contributed by atoms with Crippen LogP contribution >= 0.6 is 24.0 Å². The van der Waals surface area contributed by atoms with Crippen molar-refractivity contribution in [1.29, 1.82) is 0 Å². The summed E-state index contributed by atoms with van der Waals surface area (Å²) in [6.45, 7) is 9.74. The third kappa shape index (κ3) is 7.85. The first-order valence-electron chi connectivity index (χ1n) is 10.7. The molecule has 0 spiro atoms. The van der Waals surface area contributed by atoms with Crippen LogP contribution in [0.25, 0.3) is 0 Å². The number of nitrogens with one attached hydrogen (secondary N) is 2. The van der Waals surface area contributed by atoms with E-state index < -0.39 is 10.0 Å². The molecule has 0 aromatic heterocycles. The highest BCUT2D eigenvalue weighted by Gasteiger charge is 2.30. The minimum Gasteiger partial charge on any atom is -0.379 e. The highest BCUT2D eigenvalue weighted by Crippen LogP contribution is 2.18. The van der Waals surface area contributed by atoms with Gasteiger partial charge in [0, 0.05) is 51.9 Å². The number of ether oxygens (including phenoxy) is 1. The van der Waals surface area contributed by atoms with Crippen LogP contribution < -0.4 is 10.0 Å². The van der Waals surface area contributed by atoms with Crippen LogP contribution in [0, 0.1) is 0 Å². The Balaban J connectivity index is 0.00000341. The molecule has 2 aliphatic heterocycles. The van der Waals surface area contributed by atoms with Gasteiger partial charge in [0.15, 0.2) is 5.96 Å². The van der Waals surface area contributed by atoms with Gasteiger partial charge in [-0.05, 0) is 31.4 Å². The normalized spacial score (nSPS) is 20.7. The summed E-state index contributed by atoms with van der Waals surface area (Å²) in [5.74, 6) is 0.841. The Bertz CT molecular complexity index is 828. The highest BCUT2D eigenvalue weighted by atomic mass is 127. The SMILES string of the molecule is CN=C(NCc1ccccc1CS(=O)(=O)NC(C)C)N1CCC(N2CCOCC2)C1.I. The molecule has 0 amide bonds. The molecule has 10 heteroatoms. The predicted octanol–water partition coefficient (Wildman–Crippen LogP) is 1.61. The van der Waals surface area contributed by atoms with Crippen molar-refractivity contribution in [2.75, 3.05) is 46.4 Å². The summed E-state index contributed by atoms with van der Waals surface area (Å²) < 4.78 is 32.9. The number of morpholine rings is 1. The number of halogens is 1. The van der Waals surface area contributed by atoms with Crippen molar-refractivity contribution in [2.24, 2.45) is 4.99 Å². The monoisotopic (exact) mass is 565 g/mol.